The Morgan fingerprint density at radius 3 is 2.60 bits per heavy atom. The van der Waals surface area contributed by atoms with Crippen LogP contribution in [0.1, 0.15) is 39.8 Å². The lowest BCUT2D eigenvalue weighted by Crippen LogP contribution is -2.29. The normalized spacial score (nSPS) is 16.8. The maximum absolute atomic E-state index is 13.5. The number of aromatic nitrogens is 2. The maximum Gasteiger partial charge on any atom is 0.302 e. The van der Waals surface area contributed by atoms with Crippen molar-refractivity contribution in [1.29, 1.82) is 0 Å². The van der Waals surface area contributed by atoms with Gasteiger partial charge in [-0.25, -0.2) is 0 Å². The molecule has 1 saturated heterocycles. The molecule has 5 aromatic rings. The molecular formula is C31H25N3O4S2. The van der Waals surface area contributed by atoms with Crippen molar-refractivity contribution in [2.45, 2.75) is 36.9 Å². The van der Waals surface area contributed by atoms with E-state index < -0.39 is 17.7 Å². The molecule has 200 valence electrons. The first-order chi connectivity index (χ1) is 19.3. The number of ketones is 1. The molecule has 2 aromatic heterocycles. The Morgan fingerprint density at radius 2 is 1.80 bits per heavy atom. The van der Waals surface area contributed by atoms with Crippen LogP contribution in [0.4, 0.5) is 5.13 Å². The largest absolute Gasteiger partial charge is 0.507 e. The Morgan fingerprint density at radius 1 is 1.00 bits per heavy atom. The summed E-state index contributed by atoms with van der Waals surface area (Å²) in [5.74, 6) is -0.163. The van der Waals surface area contributed by atoms with Gasteiger partial charge in [0.25, 0.3) is 5.78 Å². The lowest BCUT2D eigenvalue weighted by Gasteiger charge is -2.20. The third-order valence-corrected chi connectivity index (χ3v) is 9.06. The summed E-state index contributed by atoms with van der Waals surface area (Å²) in [6.45, 7) is 5.54. The summed E-state index contributed by atoms with van der Waals surface area (Å²) < 4.78 is 6.56. The van der Waals surface area contributed by atoms with Crippen LogP contribution < -0.4 is 4.90 Å². The number of nitrogens with zero attached hydrogens (tertiary/aromatic N) is 3. The average molecular weight is 568 g/mol. The number of carbonyl (C=O) groups is 2. The minimum atomic E-state index is -0.975. The average Bonchev–Trinajstić information content (AvgIpc) is 3.66. The van der Waals surface area contributed by atoms with Crippen LogP contribution in [0, 0.1) is 20.8 Å². The molecule has 0 aliphatic carbocycles. The molecule has 9 heteroatoms. The third kappa shape index (κ3) is 4.61. The van der Waals surface area contributed by atoms with Gasteiger partial charge in [0.2, 0.25) is 5.13 Å². The number of rotatable bonds is 6. The number of anilines is 1. The lowest BCUT2D eigenvalue weighted by atomic mass is 9.96. The van der Waals surface area contributed by atoms with Crippen molar-refractivity contribution in [3.63, 3.8) is 0 Å². The molecule has 1 N–H and O–H groups in total. The third-order valence-electron chi connectivity index (χ3n) is 6.96. The van der Waals surface area contributed by atoms with Crippen LogP contribution in [0.2, 0.25) is 0 Å². The highest BCUT2D eigenvalue weighted by Crippen LogP contribution is 2.45. The predicted molar refractivity (Wildman–Crippen MR) is 158 cm³/mol. The minimum Gasteiger partial charge on any atom is -0.507 e. The van der Waals surface area contributed by atoms with Crippen LogP contribution in [-0.2, 0) is 15.3 Å². The first kappa shape index (κ1) is 26.0. The number of hydrogen-bond acceptors (Lipinski definition) is 8. The second-order valence-corrected chi connectivity index (χ2v) is 11.9. The molecule has 0 saturated carbocycles. The van der Waals surface area contributed by atoms with E-state index in [0.29, 0.717) is 27.2 Å². The van der Waals surface area contributed by atoms with Gasteiger partial charge in [-0.3, -0.25) is 14.5 Å². The van der Waals surface area contributed by atoms with Gasteiger partial charge in [0.05, 0.1) is 5.57 Å². The highest BCUT2D eigenvalue weighted by molar-refractivity contribution is 8.00. The topological polar surface area (TPSA) is 96.5 Å². The zero-order chi connectivity index (χ0) is 28.0. The lowest BCUT2D eigenvalue weighted by molar-refractivity contribution is -0.132. The SMILES string of the molecule is Cc1ccc(C)c(/C(O)=C2\C(=O)C(=O)N(c3nnc(SCc4cccc5ccccc45)s3)C2c2ccc(C)o2)c1. The van der Waals surface area contributed by atoms with Crippen LogP contribution in [0.25, 0.3) is 16.5 Å². The Hall–Kier alpha value is -4.21. The first-order valence-electron chi connectivity index (χ1n) is 12.7. The summed E-state index contributed by atoms with van der Waals surface area (Å²) in [6, 6.07) is 22.5. The summed E-state index contributed by atoms with van der Waals surface area (Å²) in [6.07, 6.45) is 0. The fourth-order valence-corrected chi connectivity index (χ4v) is 6.82. The van der Waals surface area contributed by atoms with Crippen LogP contribution in [0.15, 0.2) is 87.1 Å². The van der Waals surface area contributed by atoms with E-state index in [9.17, 15) is 14.7 Å². The number of benzene rings is 3. The van der Waals surface area contributed by atoms with E-state index in [1.54, 1.807) is 25.1 Å². The molecule has 1 amide bonds. The van der Waals surface area contributed by atoms with Crippen LogP contribution in [0.3, 0.4) is 0 Å². The highest BCUT2D eigenvalue weighted by atomic mass is 32.2. The van der Waals surface area contributed by atoms with Gasteiger partial charge in [-0.05, 0) is 60.9 Å². The number of hydrogen-bond donors (Lipinski definition) is 1. The zero-order valence-corrected chi connectivity index (χ0v) is 23.7. The van der Waals surface area contributed by atoms with Crippen LogP contribution >= 0.6 is 23.1 Å². The fraction of sp³-hybridized carbons (Fsp3) is 0.161. The number of amides is 1. The number of aliphatic hydroxyl groups is 1. The standard InChI is InChI=1S/C31H25N3O4S2/c1-17-11-12-18(2)23(15-17)27(35)25-26(24-14-13-19(3)38-24)34(29(37)28(25)36)30-32-33-31(40-30)39-16-21-9-6-8-20-7-4-5-10-22(20)21/h4-15,26,35H,16H2,1-3H3/b27-25+. The predicted octanol–water partition coefficient (Wildman–Crippen LogP) is 7.13. The number of thioether (sulfide) groups is 1. The van der Waals surface area contributed by atoms with E-state index in [0.717, 1.165) is 11.1 Å². The smallest absolute Gasteiger partial charge is 0.302 e. The van der Waals surface area contributed by atoms with Gasteiger partial charge in [-0.2, -0.15) is 0 Å². The molecule has 3 aromatic carbocycles. The first-order valence-corrected chi connectivity index (χ1v) is 14.5. The Bertz CT molecular complexity index is 1810. The van der Waals surface area contributed by atoms with Crippen molar-refractivity contribution in [2.24, 2.45) is 0 Å². The molecule has 6 rings (SSSR count). The molecule has 3 heterocycles. The Labute approximate surface area is 239 Å². The Kier molecular flexibility index (Phi) is 6.77. The molecule has 1 unspecified atom stereocenters. The van der Waals surface area contributed by atoms with E-state index in [-0.39, 0.29) is 16.5 Å². The van der Waals surface area contributed by atoms with E-state index in [4.69, 9.17) is 4.42 Å². The molecule has 1 fully saturated rings. The molecule has 1 atom stereocenters. The second kappa shape index (κ2) is 10.4. The van der Waals surface area contributed by atoms with E-state index in [2.05, 4.69) is 34.5 Å². The summed E-state index contributed by atoms with van der Waals surface area (Å²) in [5, 5.41) is 22.6. The summed E-state index contributed by atoms with van der Waals surface area (Å²) in [5.41, 5.74) is 3.33. The fourth-order valence-electron chi connectivity index (χ4n) is 4.95. The quantitative estimate of drug-likeness (QED) is 0.0767. The van der Waals surface area contributed by atoms with Crippen molar-refractivity contribution >= 4 is 56.5 Å². The van der Waals surface area contributed by atoms with Crippen molar-refractivity contribution < 1.29 is 19.1 Å². The van der Waals surface area contributed by atoms with Crippen LogP contribution in [0.5, 0.6) is 0 Å². The van der Waals surface area contributed by atoms with Gasteiger partial charge in [-0.15, -0.1) is 10.2 Å². The number of carbonyl (C=O) groups excluding carboxylic acids is 2. The monoisotopic (exact) mass is 567 g/mol. The number of fused-ring (bicyclic) bond motifs is 1. The summed E-state index contributed by atoms with van der Waals surface area (Å²) in [4.78, 5) is 28.2. The number of aryl methyl sites for hydroxylation is 3. The van der Waals surface area contributed by atoms with Gasteiger partial charge in [-0.1, -0.05) is 83.3 Å². The molecule has 0 spiro atoms. The number of furan rings is 1. The summed E-state index contributed by atoms with van der Waals surface area (Å²) in [7, 11) is 0. The van der Waals surface area contributed by atoms with E-state index >= 15 is 0 Å². The zero-order valence-electron chi connectivity index (χ0n) is 22.0. The Balaban J connectivity index is 1.37. The highest BCUT2D eigenvalue weighted by Gasteiger charge is 2.50. The molecule has 1 aliphatic heterocycles. The maximum atomic E-state index is 13.5. The molecule has 7 nitrogen and oxygen atoms in total. The van der Waals surface area contributed by atoms with E-state index in [1.165, 1.54) is 44.3 Å². The molecule has 0 radical (unpaired) electrons. The minimum absolute atomic E-state index is 0.0341. The molecule has 0 bridgehead atoms. The molecular weight excluding hydrogens is 542 g/mol. The van der Waals surface area contributed by atoms with Gasteiger partial charge in [0.1, 0.15) is 23.3 Å². The molecule has 1 aliphatic rings. The van der Waals surface area contributed by atoms with Gasteiger partial charge < -0.3 is 9.52 Å². The van der Waals surface area contributed by atoms with Gasteiger partial charge in [0, 0.05) is 11.3 Å². The van der Waals surface area contributed by atoms with Crippen molar-refractivity contribution in [1.82, 2.24) is 10.2 Å². The van der Waals surface area contributed by atoms with E-state index in [1.807, 2.05) is 44.2 Å². The number of aliphatic hydroxyl groups excluding tert-OH is 1. The second-order valence-electron chi connectivity index (χ2n) is 9.71. The van der Waals surface area contributed by atoms with Crippen molar-refractivity contribution in [2.75, 3.05) is 4.90 Å². The summed E-state index contributed by atoms with van der Waals surface area (Å²) >= 11 is 2.74. The van der Waals surface area contributed by atoms with Crippen LogP contribution in [-0.4, -0.2) is 27.0 Å². The van der Waals surface area contributed by atoms with Gasteiger partial charge in [0.15, 0.2) is 4.34 Å². The number of Topliss-reactive ketones (excluding diaryl/α,β-unsaturated/α-hetero) is 1. The van der Waals surface area contributed by atoms with Crippen molar-refractivity contribution in [3.05, 3.63) is 112 Å². The van der Waals surface area contributed by atoms with Gasteiger partial charge >= 0.3 is 5.91 Å². The van der Waals surface area contributed by atoms with Crippen molar-refractivity contribution in [3.8, 4) is 0 Å². The molecule has 40 heavy (non-hydrogen) atoms.